The normalized spacial score (nSPS) is 14.1. The van der Waals surface area contributed by atoms with Gasteiger partial charge in [0.25, 0.3) is 0 Å². The van der Waals surface area contributed by atoms with Crippen molar-refractivity contribution in [1.82, 2.24) is 0 Å². The molecule has 0 atom stereocenters. The van der Waals surface area contributed by atoms with Crippen molar-refractivity contribution in [2.24, 2.45) is 0 Å². The molecule has 0 unspecified atom stereocenters. The van der Waals surface area contributed by atoms with Crippen molar-refractivity contribution >= 4 is 35.1 Å². The number of ketones is 1. The number of fused-ring (bicyclic) bond motifs is 1. The number of hydrogen-bond acceptors (Lipinski definition) is 3. The Morgan fingerprint density at radius 1 is 1.04 bits per heavy atom. The Morgan fingerprint density at radius 3 is 2.68 bits per heavy atom. The first-order valence-corrected chi connectivity index (χ1v) is 9.16. The summed E-state index contributed by atoms with van der Waals surface area (Å²) in [6, 6.07) is 16.2. The third-order valence-electron chi connectivity index (χ3n) is 4.20. The third kappa shape index (κ3) is 3.88. The molecule has 0 N–H and O–H groups in total. The molecule has 3 nitrogen and oxygen atoms in total. The lowest BCUT2D eigenvalue weighted by atomic mass is 10.1. The zero-order chi connectivity index (χ0) is 19.7. The van der Waals surface area contributed by atoms with Gasteiger partial charge >= 0.3 is 0 Å². The molecule has 0 bridgehead atoms. The maximum absolute atomic E-state index is 13.1. The highest BCUT2D eigenvalue weighted by Gasteiger charge is 2.27. The second kappa shape index (κ2) is 7.66. The lowest BCUT2D eigenvalue weighted by Crippen LogP contribution is -1.98. The van der Waals surface area contributed by atoms with Gasteiger partial charge in [0.05, 0.1) is 10.6 Å². The molecule has 1 heterocycles. The molecule has 0 amide bonds. The Balaban J connectivity index is 1.52. The maximum atomic E-state index is 13.1. The average Bonchev–Trinajstić information content (AvgIpc) is 2.96. The topological polar surface area (TPSA) is 35.5 Å². The molecule has 1 aliphatic heterocycles. The molecule has 140 valence electrons. The smallest absolute Gasteiger partial charge is 0.231 e. The van der Waals surface area contributed by atoms with Gasteiger partial charge in [-0.2, -0.15) is 0 Å². The van der Waals surface area contributed by atoms with Gasteiger partial charge in [0.2, 0.25) is 5.78 Å². The van der Waals surface area contributed by atoms with E-state index in [1.54, 1.807) is 48.5 Å². The Hall–Kier alpha value is -2.82. The van der Waals surface area contributed by atoms with Crippen molar-refractivity contribution in [2.75, 3.05) is 0 Å². The summed E-state index contributed by atoms with van der Waals surface area (Å²) >= 11 is 12.0. The van der Waals surface area contributed by atoms with E-state index in [1.165, 1.54) is 12.1 Å². The van der Waals surface area contributed by atoms with E-state index in [4.69, 9.17) is 32.7 Å². The van der Waals surface area contributed by atoms with Crippen LogP contribution in [0.4, 0.5) is 4.39 Å². The predicted octanol–water partition coefficient (Wildman–Crippen LogP) is 6.33. The monoisotopic (exact) mass is 414 g/mol. The number of rotatable bonds is 4. The van der Waals surface area contributed by atoms with Crippen LogP contribution in [-0.2, 0) is 6.61 Å². The quantitative estimate of drug-likeness (QED) is 0.468. The van der Waals surface area contributed by atoms with Crippen LogP contribution in [0.1, 0.15) is 21.5 Å². The fourth-order valence-electron chi connectivity index (χ4n) is 2.80. The molecular weight excluding hydrogens is 402 g/mol. The molecule has 0 fully saturated rings. The Morgan fingerprint density at radius 2 is 1.89 bits per heavy atom. The van der Waals surface area contributed by atoms with E-state index in [-0.39, 0.29) is 18.1 Å². The van der Waals surface area contributed by atoms with Gasteiger partial charge in [0, 0.05) is 16.7 Å². The lowest BCUT2D eigenvalue weighted by Gasteiger charge is -2.08. The van der Waals surface area contributed by atoms with Crippen LogP contribution in [0.25, 0.3) is 6.08 Å². The van der Waals surface area contributed by atoms with Crippen LogP contribution in [0, 0.1) is 5.82 Å². The minimum Gasteiger partial charge on any atom is -0.489 e. The zero-order valence-electron chi connectivity index (χ0n) is 14.4. The minimum absolute atomic E-state index is 0.164. The highest BCUT2D eigenvalue weighted by molar-refractivity contribution is 6.31. The van der Waals surface area contributed by atoms with Gasteiger partial charge in [-0.3, -0.25) is 4.79 Å². The molecule has 0 spiro atoms. The zero-order valence-corrected chi connectivity index (χ0v) is 15.9. The van der Waals surface area contributed by atoms with Gasteiger partial charge < -0.3 is 9.47 Å². The molecule has 0 saturated carbocycles. The van der Waals surface area contributed by atoms with E-state index in [0.717, 1.165) is 5.56 Å². The summed E-state index contributed by atoms with van der Waals surface area (Å²) in [6.45, 7) is 0.164. The Bertz CT molecular complexity index is 1110. The number of allylic oxidation sites excluding steroid dienone is 1. The number of carbonyl (C=O) groups excluding carboxylic acids is 1. The summed E-state index contributed by atoms with van der Waals surface area (Å²) < 4.78 is 24.5. The fraction of sp³-hybridized carbons (Fsp3) is 0.0455. The summed E-state index contributed by atoms with van der Waals surface area (Å²) in [5.41, 5.74) is 1.88. The molecule has 4 rings (SSSR count). The first-order chi connectivity index (χ1) is 13.5. The van der Waals surface area contributed by atoms with Crippen molar-refractivity contribution in [3.8, 4) is 11.5 Å². The van der Waals surface area contributed by atoms with Gasteiger partial charge in [-0.1, -0.05) is 41.4 Å². The van der Waals surface area contributed by atoms with Crippen molar-refractivity contribution in [3.05, 3.63) is 99.0 Å². The molecule has 0 aromatic heterocycles. The van der Waals surface area contributed by atoms with E-state index in [1.807, 2.05) is 6.07 Å². The van der Waals surface area contributed by atoms with Crippen LogP contribution < -0.4 is 9.47 Å². The number of benzene rings is 3. The molecule has 1 aliphatic rings. The molecule has 0 saturated heterocycles. The van der Waals surface area contributed by atoms with Gasteiger partial charge in [0.15, 0.2) is 5.76 Å². The molecule has 28 heavy (non-hydrogen) atoms. The van der Waals surface area contributed by atoms with Crippen LogP contribution in [0.2, 0.25) is 10.0 Å². The standard InChI is InChI=1S/C22H13Cl2FO3/c23-15-3-1-2-13(8-15)9-21-22(26)18-7-6-17(11-20(18)28-21)27-12-14-4-5-16(25)10-19(14)24/h1-11H,12H2. The van der Waals surface area contributed by atoms with E-state index < -0.39 is 5.82 Å². The molecular formula is C22H13Cl2FO3. The molecule has 6 heteroatoms. The van der Waals surface area contributed by atoms with E-state index in [0.29, 0.717) is 32.7 Å². The number of hydrogen-bond donors (Lipinski definition) is 0. The second-order valence-corrected chi connectivity index (χ2v) is 7.02. The van der Waals surface area contributed by atoms with Crippen LogP contribution >= 0.6 is 23.2 Å². The average molecular weight is 415 g/mol. The highest BCUT2D eigenvalue weighted by Crippen LogP contribution is 2.35. The van der Waals surface area contributed by atoms with Crippen molar-refractivity contribution in [1.29, 1.82) is 0 Å². The van der Waals surface area contributed by atoms with Gasteiger partial charge in [-0.15, -0.1) is 0 Å². The number of halogens is 3. The van der Waals surface area contributed by atoms with Crippen LogP contribution in [0.5, 0.6) is 11.5 Å². The minimum atomic E-state index is -0.405. The summed E-state index contributed by atoms with van der Waals surface area (Å²) in [6.07, 6.45) is 1.65. The van der Waals surface area contributed by atoms with Crippen molar-refractivity contribution in [3.63, 3.8) is 0 Å². The maximum Gasteiger partial charge on any atom is 0.231 e. The largest absolute Gasteiger partial charge is 0.489 e. The predicted molar refractivity (Wildman–Crippen MR) is 107 cm³/mol. The van der Waals surface area contributed by atoms with Gasteiger partial charge in [0.1, 0.15) is 23.9 Å². The highest BCUT2D eigenvalue weighted by atomic mass is 35.5. The molecule has 0 radical (unpaired) electrons. The number of ether oxygens (including phenoxy) is 2. The summed E-state index contributed by atoms with van der Waals surface area (Å²) in [5.74, 6) is 0.535. The number of carbonyl (C=O) groups is 1. The fourth-order valence-corrected chi connectivity index (χ4v) is 3.23. The van der Waals surface area contributed by atoms with E-state index in [9.17, 15) is 9.18 Å². The molecule has 3 aromatic rings. The van der Waals surface area contributed by atoms with Gasteiger partial charge in [-0.25, -0.2) is 4.39 Å². The summed E-state index contributed by atoms with van der Waals surface area (Å²) in [4.78, 5) is 12.5. The van der Waals surface area contributed by atoms with Crippen molar-refractivity contribution < 1.29 is 18.7 Å². The SMILES string of the molecule is O=C1C(=Cc2cccc(Cl)c2)Oc2cc(OCc3ccc(F)cc3Cl)ccc21. The third-order valence-corrected chi connectivity index (χ3v) is 4.78. The molecule has 3 aromatic carbocycles. The van der Waals surface area contributed by atoms with E-state index in [2.05, 4.69) is 0 Å². The summed E-state index contributed by atoms with van der Waals surface area (Å²) in [5, 5.41) is 0.867. The second-order valence-electron chi connectivity index (χ2n) is 6.18. The first-order valence-electron chi connectivity index (χ1n) is 8.40. The lowest BCUT2D eigenvalue weighted by molar-refractivity contribution is 0.101. The van der Waals surface area contributed by atoms with Crippen LogP contribution in [0.3, 0.4) is 0 Å². The van der Waals surface area contributed by atoms with Gasteiger partial charge in [-0.05, 0) is 48.0 Å². The van der Waals surface area contributed by atoms with Crippen LogP contribution in [0.15, 0.2) is 66.4 Å². The number of Topliss-reactive ketones (excluding diaryl/α,β-unsaturated/α-hetero) is 1. The van der Waals surface area contributed by atoms with Crippen molar-refractivity contribution in [2.45, 2.75) is 6.61 Å². The molecule has 0 aliphatic carbocycles. The first kappa shape index (κ1) is 18.5. The Labute approximate surface area is 170 Å². The Kier molecular flexibility index (Phi) is 5.07. The van der Waals surface area contributed by atoms with Crippen LogP contribution in [-0.4, -0.2) is 5.78 Å². The van der Waals surface area contributed by atoms with E-state index >= 15 is 0 Å². The summed E-state index contributed by atoms with van der Waals surface area (Å²) in [7, 11) is 0.